The third kappa shape index (κ3) is 4.18. The number of carbonyl (C=O) groups excluding carboxylic acids is 1. The van der Waals surface area contributed by atoms with Crippen molar-refractivity contribution in [3.05, 3.63) is 0 Å². The summed E-state index contributed by atoms with van der Waals surface area (Å²) >= 11 is 0. The molecule has 15 heavy (non-hydrogen) atoms. The lowest BCUT2D eigenvalue weighted by atomic mass is 10.0. The van der Waals surface area contributed by atoms with Gasteiger partial charge in [0.25, 0.3) is 0 Å². The first-order valence-corrected chi connectivity index (χ1v) is 5.92. The first kappa shape index (κ1) is 10.9. The van der Waals surface area contributed by atoms with E-state index in [1.165, 1.54) is 12.8 Å². The van der Waals surface area contributed by atoms with E-state index < -0.39 is 0 Å². The van der Waals surface area contributed by atoms with Crippen LogP contribution in [0.2, 0.25) is 0 Å². The molecule has 1 heterocycles. The van der Waals surface area contributed by atoms with Crippen molar-refractivity contribution < 1.29 is 9.53 Å². The maximum atomic E-state index is 11.4. The molecule has 2 N–H and O–H groups in total. The van der Waals surface area contributed by atoms with Gasteiger partial charge in [-0.25, -0.2) is 0 Å². The topological polar surface area (TPSA) is 50.4 Å². The highest BCUT2D eigenvalue weighted by Gasteiger charge is 2.21. The van der Waals surface area contributed by atoms with Gasteiger partial charge in [-0.3, -0.25) is 4.79 Å². The average molecular weight is 212 g/mol. The van der Waals surface area contributed by atoms with E-state index in [4.69, 9.17) is 4.74 Å². The first-order valence-electron chi connectivity index (χ1n) is 5.92. The Morgan fingerprint density at radius 3 is 2.60 bits per heavy atom. The van der Waals surface area contributed by atoms with Gasteiger partial charge in [-0.05, 0) is 31.6 Å². The molecule has 0 aromatic heterocycles. The van der Waals surface area contributed by atoms with Gasteiger partial charge in [-0.2, -0.15) is 0 Å². The SMILES string of the molecule is O=C(CNC1CC1)NCC1CCOCC1. The van der Waals surface area contributed by atoms with E-state index in [1.807, 2.05) is 0 Å². The van der Waals surface area contributed by atoms with Gasteiger partial charge in [0, 0.05) is 25.8 Å². The van der Waals surface area contributed by atoms with Crippen molar-refractivity contribution in [3.63, 3.8) is 0 Å². The summed E-state index contributed by atoms with van der Waals surface area (Å²) in [7, 11) is 0. The highest BCUT2D eigenvalue weighted by Crippen LogP contribution is 2.18. The van der Waals surface area contributed by atoms with E-state index in [9.17, 15) is 4.79 Å². The van der Waals surface area contributed by atoms with Crippen LogP contribution in [-0.4, -0.2) is 38.3 Å². The number of hydrogen-bond acceptors (Lipinski definition) is 3. The van der Waals surface area contributed by atoms with Crippen LogP contribution in [0.15, 0.2) is 0 Å². The molecule has 0 atom stereocenters. The Morgan fingerprint density at radius 2 is 1.93 bits per heavy atom. The van der Waals surface area contributed by atoms with Crippen LogP contribution in [0.1, 0.15) is 25.7 Å². The van der Waals surface area contributed by atoms with Gasteiger partial charge in [0.1, 0.15) is 0 Å². The quantitative estimate of drug-likeness (QED) is 0.688. The lowest BCUT2D eigenvalue weighted by Gasteiger charge is -2.22. The molecule has 1 saturated heterocycles. The Morgan fingerprint density at radius 1 is 1.20 bits per heavy atom. The lowest BCUT2D eigenvalue weighted by Crippen LogP contribution is -2.38. The monoisotopic (exact) mass is 212 g/mol. The zero-order valence-electron chi connectivity index (χ0n) is 9.13. The fraction of sp³-hybridized carbons (Fsp3) is 0.909. The molecular weight excluding hydrogens is 192 g/mol. The van der Waals surface area contributed by atoms with Crippen molar-refractivity contribution >= 4 is 5.91 Å². The van der Waals surface area contributed by atoms with Crippen LogP contribution < -0.4 is 10.6 Å². The molecule has 0 aromatic rings. The second-order valence-electron chi connectivity index (χ2n) is 4.51. The molecule has 1 aliphatic carbocycles. The fourth-order valence-corrected chi connectivity index (χ4v) is 1.80. The summed E-state index contributed by atoms with van der Waals surface area (Å²) in [5.74, 6) is 0.747. The van der Waals surface area contributed by atoms with Crippen LogP contribution in [0.4, 0.5) is 0 Å². The molecule has 0 aromatic carbocycles. The third-order valence-corrected chi connectivity index (χ3v) is 3.06. The van der Waals surface area contributed by atoms with Crippen molar-refractivity contribution in [2.45, 2.75) is 31.7 Å². The third-order valence-electron chi connectivity index (χ3n) is 3.06. The molecule has 2 aliphatic rings. The average Bonchev–Trinajstić information content (AvgIpc) is 3.09. The predicted octanol–water partition coefficient (Wildman–Crippen LogP) is 0.281. The highest BCUT2D eigenvalue weighted by molar-refractivity contribution is 5.78. The van der Waals surface area contributed by atoms with E-state index in [-0.39, 0.29) is 5.91 Å². The van der Waals surface area contributed by atoms with Gasteiger partial charge in [-0.15, -0.1) is 0 Å². The van der Waals surface area contributed by atoms with Gasteiger partial charge < -0.3 is 15.4 Å². The fourth-order valence-electron chi connectivity index (χ4n) is 1.80. The van der Waals surface area contributed by atoms with Crippen LogP contribution in [0.25, 0.3) is 0 Å². The molecule has 2 fully saturated rings. The van der Waals surface area contributed by atoms with Crippen LogP contribution in [0.3, 0.4) is 0 Å². The van der Waals surface area contributed by atoms with Gasteiger partial charge >= 0.3 is 0 Å². The largest absolute Gasteiger partial charge is 0.381 e. The molecule has 1 saturated carbocycles. The summed E-state index contributed by atoms with van der Waals surface area (Å²) in [6, 6.07) is 0.610. The second kappa shape index (κ2) is 5.47. The van der Waals surface area contributed by atoms with Crippen molar-refractivity contribution in [1.82, 2.24) is 10.6 Å². The first-order chi connectivity index (χ1) is 7.34. The highest BCUT2D eigenvalue weighted by atomic mass is 16.5. The predicted molar refractivity (Wildman–Crippen MR) is 57.6 cm³/mol. The number of carbonyl (C=O) groups is 1. The molecule has 2 rings (SSSR count). The van der Waals surface area contributed by atoms with Crippen molar-refractivity contribution in [2.75, 3.05) is 26.3 Å². The van der Waals surface area contributed by atoms with Gasteiger partial charge in [0.05, 0.1) is 6.54 Å². The summed E-state index contributed by atoms with van der Waals surface area (Å²) in [6.45, 7) is 2.99. The summed E-state index contributed by atoms with van der Waals surface area (Å²) < 4.78 is 5.27. The second-order valence-corrected chi connectivity index (χ2v) is 4.51. The van der Waals surface area contributed by atoms with E-state index in [2.05, 4.69) is 10.6 Å². The van der Waals surface area contributed by atoms with E-state index in [0.29, 0.717) is 18.5 Å². The standard InChI is InChI=1S/C11H20N2O2/c14-11(8-12-10-1-2-10)13-7-9-3-5-15-6-4-9/h9-10,12H,1-8H2,(H,13,14). The molecule has 0 radical (unpaired) electrons. The van der Waals surface area contributed by atoms with Crippen LogP contribution >= 0.6 is 0 Å². The number of ether oxygens (including phenoxy) is 1. The van der Waals surface area contributed by atoms with E-state index in [0.717, 1.165) is 32.6 Å². The summed E-state index contributed by atoms with van der Waals surface area (Å²) in [5.41, 5.74) is 0. The molecule has 4 nitrogen and oxygen atoms in total. The molecule has 0 bridgehead atoms. The van der Waals surface area contributed by atoms with Crippen LogP contribution in [0, 0.1) is 5.92 Å². The number of nitrogens with one attached hydrogen (secondary N) is 2. The Hall–Kier alpha value is -0.610. The minimum absolute atomic E-state index is 0.133. The van der Waals surface area contributed by atoms with Gasteiger partial charge in [0.2, 0.25) is 5.91 Å². The van der Waals surface area contributed by atoms with Crippen molar-refractivity contribution in [2.24, 2.45) is 5.92 Å². The molecule has 1 aliphatic heterocycles. The number of hydrogen-bond donors (Lipinski definition) is 2. The normalized spacial score (nSPS) is 22.7. The summed E-state index contributed by atoms with van der Waals surface area (Å²) in [5, 5.41) is 6.19. The van der Waals surface area contributed by atoms with Crippen LogP contribution in [0.5, 0.6) is 0 Å². The van der Waals surface area contributed by atoms with Gasteiger partial charge in [0.15, 0.2) is 0 Å². The summed E-state index contributed by atoms with van der Waals surface area (Å²) in [6.07, 6.45) is 4.62. The minimum Gasteiger partial charge on any atom is -0.381 e. The smallest absolute Gasteiger partial charge is 0.233 e. The zero-order chi connectivity index (χ0) is 10.5. The van der Waals surface area contributed by atoms with Crippen LogP contribution in [-0.2, 0) is 9.53 Å². The molecule has 0 unspecified atom stereocenters. The maximum absolute atomic E-state index is 11.4. The molecule has 4 heteroatoms. The molecule has 0 spiro atoms. The van der Waals surface area contributed by atoms with Crippen molar-refractivity contribution in [1.29, 1.82) is 0 Å². The van der Waals surface area contributed by atoms with Crippen molar-refractivity contribution in [3.8, 4) is 0 Å². The maximum Gasteiger partial charge on any atom is 0.233 e. The molecule has 86 valence electrons. The lowest BCUT2D eigenvalue weighted by molar-refractivity contribution is -0.120. The molecule has 1 amide bonds. The minimum atomic E-state index is 0.133. The summed E-state index contributed by atoms with van der Waals surface area (Å²) in [4.78, 5) is 11.4. The Balaban J connectivity index is 1.53. The number of rotatable bonds is 5. The van der Waals surface area contributed by atoms with E-state index in [1.54, 1.807) is 0 Å². The van der Waals surface area contributed by atoms with E-state index >= 15 is 0 Å². The van der Waals surface area contributed by atoms with Gasteiger partial charge in [-0.1, -0.05) is 0 Å². The number of amides is 1. The Bertz CT molecular complexity index is 211. The Labute approximate surface area is 90.8 Å². The zero-order valence-corrected chi connectivity index (χ0v) is 9.13. The Kier molecular flexibility index (Phi) is 3.97. The molecular formula is C11H20N2O2.